The van der Waals surface area contributed by atoms with Crippen LogP contribution >= 0.6 is 11.8 Å². The van der Waals surface area contributed by atoms with Gasteiger partial charge in [-0.2, -0.15) is 0 Å². The van der Waals surface area contributed by atoms with Crippen LogP contribution in [-0.4, -0.2) is 36.5 Å². The number of hydrogen-bond acceptors (Lipinski definition) is 4. The SMILES string of the molecule is COc1ccccc1NC(=O)CSCC(=O)NC1CCCCC1. The third kappa shape index (κ3) is 6.14. The van der Waals surface area contributed by atoms with E-state index in [2.05, 4.69) is 10.6 Å². The van der Waals surface area contributed by atoms with Crippen LogP contribution in [0.15, 0.2) is 24.3 Å². The van der Waals surface area contributed by atoms with Crippen LogP contribution in [0.3, 0.4) is 0 Å². The number of nitrogens with one attached hydrogen (secondary N) is 2. The molecule has 2 rings (SSSR count). The summed E-state index contributed by atoms with van der Waals surface area (Å²) in [4.78, 5) is 23.8. The first-order valence-electron chi connectivity index (χ1n) is 7.99. The fourth-order valence-corrected chi connectivity index (χ4v) is 3.32. The largest absolute Gasteiger partial charge is 0.495 e. The maximum atomic E-state index is 11.9. The molecule has 0 saturated heterocycles. The summed E-state index contributed by atoms with van der Waals surface area (Å²) >= 11 is 1.33. The Morgan fingerprint density at radius 2 is 1.83 bits per heavy atom. The Hall–Kier alpha value is -1.69. The molecule has 0 aromatic heterocycles. The molecule has 1 aromatic carbocycles. The molecule has 1 aliphatic carbocycles. The smallest absolute Gasteiger partial charge is 0.234 e. The van der Waals surface area contributed by atoms with Gasteiger partial charge in [-0.25, -0.2) is 0 Å². The quantitative estimate of drug-likeness (QED) is 0.803. The molecule has 6 heteroatoms. The summed E-state index contributed by atoms with van der Waals surface area (Å²) in [6.45, 7) is 0. The van der Waals surface area contributed by atoms with Crippen LogP contribution in [-0.2, 0) is 9.59 Å². The Balaban J connectivity index is 1.67. The van der Waals surface area contributed by atoms with Crippen LogP contribution in [0.2, 0.25) is 0 Å². The maximum Gasteiger partial charge on any atom is 0.234 e. The first-order valence-corrected chi connectivity index (χ1v) is 9.14. The van der Waals surface area contributed by atoms with E-state index in [1.807, 2.05) is 12.1 Å². The Morgan fingerprint density at radius 3 is 2.57 bits per heavy atom. The number of rotatable bonds is 7. The molecular formula is C17H24N2O3S. The molecule has 0 unspecified atom stereocenters. The van der Waals surface area contributed by atoms with E-state index in [0.717, 1.165) is 12.8 Å². The molecule has 5 nitrogen and oxygen atoms in total. The summed E-state index contributed by atoms with van der Waals surface area (Å²) in [6, 6.07) is 7.58. The Bertz CT molecular complexity index is 530. The summed E-state index contributed by atoms with van der Waals surface area (Å²) in [6.07, 6.45) is 5.80. The van der Waals surface area contributed by atoms with Crippen LogP contribution in [0, 0.1) is 0 Å². The number of para-hydroxylation sites is 2. The van der Waals surface area contributed by atoms with Gasteiger partial charge in [0.25, 0.3) is 0 Å². The number of thioether (sulfide) groups is 1. The summed E-state index contributed by atoms with van der Waals surface area (Å²) in [5, 5.41) is 5.85. The topological polar surface area (TPSA) is 67.4 Å². The van der Waals surface area contributed by atoms with Crippen LogP contribution in [0.1, 0.15) is 32.1 Å². The second-order valence-electron chi connectivity index (χ2n) is 5.64. The summed E-state index contributed by atoms with van der Waals surface area (Å²) in [5.41, 5.74) is 0.646. The van der Waals surface area contributed by atoms with E-state index in [4.69, 9.17) is 4.74 Å². The highest BCUT2D eigenvalue weighted by Crippen LogP contribution is 2.23. The predicted octanol–water partition coefficient (Wildman–Crippen LogP) is 2.82. The fraction of sp³-hybridized carbons (Fsp3) is 0.529. The highest BCUT2D eigenvalue weighted by molar-refractivity contribution is 8.00. The van der Waals surface area contributed by atoms with E-state index in [1.54, 1.807) is 19.2 Å². The van der Waals surface area contributed by atoms with Crippen LogP contribution in [0.4, 0.5) is 5.69 Å². The van der Waals surface area contributed by atoms with Crippen molar-refractivity contribution < 1.29 is 14.3 Å². The van der Waals surface area contributed by atoms with Gasteiger partial charge < -0.3 is 15.4 Å². The monoisotopic (exact) mass is 336 g/mol. The standard InChI is InChI=1S/C17H24N2O3S/c1-22-15-10-6-5-9-14(15)19-17(21)12-23-11-16(20)18-13-7-3-2-4-8-13/h5-6,9-10,13H,2-4,7-8,11-12H2,1H3,(H,18,20)(H,19,21). The minimum absolute atomic E-state index is 0.0204. The van der Waals surface area contributed by atoms with Gasteiger partial charge in [-0.15, -0.1) is 11.8 Å². The highest BCUT2D eigenvalue weighted by atomic mass is 32.2. The van der Waals surface area contributed by atoms with Gasteiger partial charge in [0.05, 0.1) is 24.3 Å². The molecule has 1 aliphatic rings. The fourth-order valence-electron chi connectivity index (χ4n) is 2.69. The molecule has 0 bridgehead atoms. The van der Waals surface area contributed by atoms with Crippen molar-refractivity contribution in [3.05, 3.63) is 24.3 Å². The minimum atomic E-state index is -0.134. The third-order valence-electron chi connectivity index (χ3n) is 3.82. The lowest BCUT2D eigenvalue weighted by Crippen LogP contribution is -2.37. The van der Waals surface area contributed by atoms with E-state index in [9.17, 15) is 9.59 Å². The number of carbonyl (C=O) groups excluding carboxylic acids is 2. The number of hydrogen-bond donors (Lipinski definition) is 2. The van der Waals surface area contributed by atoms with E-state index < -0.39 is 0 Å². The maximum absolute atomic E-state index is 11.9. The zero-order valence-corrected chi connectivity index (χ0v) is 14.3. The van der Waals surface area contributed by atoms with E-state index in [-0.39, 0.29) is 17.6 Å². The molecule has 2 N–H and O–H groups in total. The summed E-state index contributed by atoms with van der Waals surface area (Å²) in [5.74, 6) is 1.07. The van der Waals surface area contributed by atoms with Crippen molar-refractivity contribution in [1.82, 2.24) is 5.32 Å². The van der Waals surface area contributed by atoms with Crippen molar-refractivity contribution in [2.24, 2.45) is 0 Å². The number of ether oxygens (including phenoxy) is 1. The van der Waals surface area contributed by atoms with Crippen molar-refractivity contribution in [3.8, 4) is 5.75 Å². The van der Waals surface area contributed by atoms with E-state index in [0.29, 0.717) is 23.2 Å². The lowest BCUT2D eigenvalue weighted by atomic mass is 9.95. The first-order chi connectivity index (χ1) is 11.2. The van der Waals surface area contributed by atoms with Gasteiger partial charge in [-0.05, 0) is 25.0 Å². The van der Waals surface area contributed by atoms with Crippen molar-refractivity contribution in [1.29, 1.82) is 0 Å². The number of carbonyl (C=O) groups is 2. The van der Waals surface area contributed by atoms with Crippen LogP contribution in [0.5, 0.6) is 5.75 Å². The van der Waals surface area contributed by atoms with Crippen molar-refractivity contribution in [3.63, 3.8) is 0 Å². The average Bonchev–Trinajstić information content (AvgIpc) is 2.56. The molecular weight excluding hydrogens is 312 g/mol. The minimum Gasteiger partial charge on any atom is -0.495 e. The second-order valence-corrected chi connectivity index (χ2v) is 6.63. The molecule has 0 aliphatic heterocycles. The van der Waals surface area contributed by atoms with Crippen molar-refractivity contribution in [2.45, 2.75) is 38.1 Å². The first kappa shape index (κ1) is 17.7. The van der Waals surface area contributed by atoms with Crippen LogP contribution < -0.4 is 15.4 Å². The van der Waals surface area contributed by atoms with Crippen LogP contribution in [0.25, 0.3) is 0 Å². The average molecular weight is 336 g/mol. The van der Waals surface area contributed by atoms with Crippen molar-refractivity contribution in [2.75, 3.05) is 23.9 Å². The van der Waals surface area contributed by atoms with Gasteiger partial charge in [0.1, 0.15) is 5.75 Å². The Kier molecular flexibility index (Phi) is 7.26. The van der Waals surface area contributed by atoms with E-state index >= 15 is 0 Å². The molecule has 2 amide bonds. The number of amides is 2. The zero-order valence-electron chi connectivity index (χ0n) is 13.5. The Labute approximate surface area is 141 Å². The molecule has 0 spiro atoms. The van der Waals surface area contributed by atoms with Gasteiger partial charge >= 0.3 is 0 Å². The van der Waals surface area contributed by atoms with Gasteiger partial charge in [0, 0.05) is 6.04 Å². The molecule has 0 heterocycles. The molecule has 1 fully saturated rings. The normalized spacial score (nSPS) is 15.0. The van der Waals surface area contributed by atoms with E-state index in [1.165, 1.54) is 31.0 Å². The van der Waals surface area contributed by atoms with Gasteiger partial charge in [0.2, 0.25) is 11.8 Å². The number of methoxy groups -OCH3 is 1. The third-order valence-corrected chi connectivity index (χ3v) is 4.75. The molecule has 0 atom stereocenters. The lowest BCUT2D eigenvalue weighted by Gasteiger charge is -2.22. The molecule has 23 heavy (non-hydrogen) atoms. The second kappa shape index (κ2) is 9.45. The summed E-state index contributed by atoms with van der Waals surface area (Å²) in [7, 11) is 1.56. The molecule has 126 valence electrons. The Morgan fingerprint density at radius 1 is 1.13 bits per heavy atom. The van der Waals surface area contributed by atoms with Gasteiger partial charge in [-0.1, -0.05) is 31.4 Å². The highest BCUT2D eigenvalue weighted by Gasteiger charge is 2.16. The molecule has 1 saturated carbocycles. The molecule has 0 radical (unpaired) electrons. The lowest BCUT2D eigenvalue weighted by molar-refractivity contribution is -0.119. The number of benzene rings is 1. The van der Waals surface area contributed by atoms with Gasteiger partial charge in [-0.3, -0.25) is 9.59 Å². The van der Waals surface area contributed by atoms with Crippen molar-refractivity contribution >= 4 is 29.3 Å². The predicted molar refractivity (Wildman–Crippen MR) is 94.0 cm³/mol. The summed E-state index contributed by atoms with van der Waals surface area (Å²) < 4.78 is 5.19. The zero-order chi connectivity index (χ0) is 16.5. The molecule has 1 aromatic rings. The van der Waals surface area contributed by atoms with Gasteiger partial charge in [0.15, 0.2) is 0 Å². The number of anilines is 1.